The number of hydrogen-bond donors (Lipinski definition) is 2. The first kappa shape index (κ1) is 17.9. The minimum absolute atomic E-state index is 0. The quantitative estimate of drug-likeness (QED) is 0.338. The summed E-state index contributed by atoms with van der Waals surface area (Å²) in [7, 11) is 3.09. The smallest absolute Gasteiger partial charge is 0.188 e. The van der Waals surface area contributed by atoms with E-state index in [-0.39, 0.29) is 29.8 Å². The first-order chi connectivity index (χ1) is 8.65. The second-order valence-corrected chi connectivity index (χ2v) is 3.62. The summed E-state index contributed by atoms with van der Waals surface area (Å²) in [5.41, 5.74) is 6.33. The number of rotatable bonds is 6. The van der Waals surface area contributed by atoms with Crippen molar-refractivity contribution in [3.05, 3.63) is 29.6 Å². The average molecular weight is 383 g/mol. The summed E-state index contributed by atoms with van der Waals surface area (Å²) in [6, 6.07) is 4.43. The fourth-order valence-corrected chi connectivity index (χ4v) is 1.34. The molecule has 0 radical (unpaired) electrons. The van der Waals surface area contributed by atoms with Crippen molar-refractivity contribution in [2.75, 3.05) is 27.4 Å². The SMILES string of the molecule is COCCNC(N)=NCc1cc(F)cc(OC)c1.I. The lowest BCUT2D eigenvalue weighted by Gasteiger charge is -2.06. The summed E-state index contributed by atoms with van der Waals surface area (Å²) < 4.78 is 23.0. The molecule has 0 heterocycles. The van der Waals surface area contributed by atoms with Gasteiger partial charge in [0.15, 0.2) is 5.96 Å². The molecule has 0 aliphatic heterocycles. The fraction of sp³-hybridized carbons (Fsp3) is 0.417. The number of nitrogens with one attached hydrogen (secondary N) is 1. The van der Waals surface area contributed by atoms with E-state index < -0.39 is 0 Å². The van der Waals surface area contributed by atoms with E-state index in [0.717, 1.165) is 0 Å². The molecular weight excluding hydrogens is 364 g/mol. The zero-order chi connectivity index (χ0) is 13.4. The van der Waals surface area contributed by atoms with Crippen LogP contribution in [0, 0.1) is 5.82 Å². The number of methoxy groups -OCH3 is 2. The molecule has 1 aromatic rings. The van der Waals surface area contributed by atoms with Crippen molar-refractivity contribution in [2.24, 2.45) is 10.7 Å². The van der Waals surface area contributed by atoms with Crippen LogP contribution >= 0.6 is 24.0 Å². The summed E-state index contributed by atoms with van der Waals surface area (Å²) in [4.78, 5) is 4.09. The van der Waals surface area contributed by atoms with Crippen LogP contribution in [0.25, 0.3) is 0 Å². The summed E-state index contributed by atoms with van der Waals surface area (Å²) in [6.07, 6.45) is 0. The molecule has 3 N–H and O–H groups in total. The summed E-state index contributed by atoms with van der Waals surface area (Å²) in [5.74, 6) is 0.409. The Morgan fingerprint density at radius 3 is 2.74 bits per heavy atom. The number of ether oxygens (including phenoxy) is 2. The highest BCUT2D eigenvalue weighted by Crippen LogP contribution is 2.16. The maximum Gasteiger partial charge on any atom is 0.188 e. The van der Waals surface area contributed by atoms with E-state index in [1.54, 1.807) is 13.2 Å². The zero-order valence-corrected chi connectivity index (χ0v) is 13.3. The van der Waals surface area contributed by atoms with Crippen molar-refractivity contribution in [1.29, 1.82) is 0 Å². The molecule has 0 saturated heterocycles. The van der Waals surface area contributed by atoms with Gasteiger partial charge in [0.25, 0.3) is 0 Å². The first-order valence-electron chi connectivity index (χ1n) is 5.52. The molecule has 0 saturated carbocycles. The summed E-state index contributed by atoms with van der Waals surface area (Å²) >= 11 is 0. The van der Waals surface area contributed by atoms with Crippen molar-refractivity contribution in [3.8, 4) is 5.75 Å². The van der Waals surface area contributed by atoms with Crippen LogP contribution in [-0.2, 0) is 11.3 Å². The van der Waals surface area contributed by atoms with Crippen LogP contribution in [0.5, 0.6) is 5.75 Å². The Hall–Kier alpha value is -1.09. The van der Waals surface area contributed by atoms with Crippen molar-refractivity contribution in [2.45, 2.75) is 6.54 Å². The van der Waals surface area contributed by atoms with Crippen molar-refractivity contribution in [3.63, 3.8) is 0 Å². The number of nitrogens with zero attached hydrogens (tertiary/aromatic N) is 1. The standard InChI is InChI=1S/C12H18FN3O2.HI/c1-17-4-3-15-12(14)16-8-9-5-10(13)7-11(6-9)18-2;/h5-7H,3-4,8H2,1-2H3,(H3,14,15,16);1H. The Balaban J connectivity index is 0.00000324. The molecule has 1 aromatic carbocycles. The van der Waals surface area contributed by atoms with Gasteiger partial charge in [-0.15, -0.1) is 24.0 Å². The zero-order valence-electron chi connectivity index (χ0n) is 11.0. The molecular formula is C12H19FIN3O2. The van der Waals surface area contributed by atoms with Gasteiger partial charge in [0.1, 0.15) is 11.6 Å². The van der Waals surface area contributed by atoms with Gasteiger partial charge >= 0.3 is 0 Å². The third-order valence-corrected chi connectivity index (χ3v) is 2.21. The molecule has 19 heavy (non-hydrogen) atoms. The van der Waals surface area contributed by atoms with Crippen LogP contribution in [0.3, 0.4) is 0 Å². The van der Waals surface area contributed by atoms with E-state index in [2.05, 4.69) is 10.3 Å². The van der Waals surface area contributed by atoms with Gasteiger partial charge in [0.2, 0.25) is 0 Å². The van der Waals surface area contributed by atoms with Gasteiger partial charge in [-0.05, 0) is 17.7 Å². The lowest BCUT2D eigenvalue weighted by Crippen LogP contribution is -2.34. The monoisotopic (exact) mass is 383 g/mol. The second-order valence-electron chi connectivity index (χ2n) is 3.62. The molecule has 0 spiro atoms. The molecule has 0 aliphatic carbocycles. The van der Waals surface area contributed by atoms with Gasteiger partial charge in [0.05, 0.1) is 20.3 Å². The Bertz CT molecular complexity index is 416. The predicted octanol–water partition coefficient (Wildman–Crippen LogP) is 1.50. The summed E-state index contributed by atoms with van der Waals surface area (Å²) in [5, 5.41) is 2.87. The van der Waals surface area contributed by atoms with E-state index in [1.807, 2.05) is 0 Å². The molecule has 0 bridgehead atoms. The Morgan fingerprint density at radius 2 is 2.11 bits per heavy atom. The number of hydrogen-bond acceptors (Lipinski definition) is 3. The fourth-order valence-electron chi connectivity index (χ4n) is 1.34. The highest BCUT2D eigenvalue weighted by Gasteiger charge is 2.00. The van der Waals surface area contributed by atoms with E-state index in [1.165, 1.54) is 19.2 Å². The first-order valence-corrected chi connectivity index (χ1v) is 5.52. The van der Waals surface area contributed by atoms with Gasteiger partial charge in [-0.1, -0.05) is 0 Å². The van der Waals surface area contributed by atoms with Gasteiger partial charge in [0, 0.05) is 19.7 Å². The highest BCUT2D eigenvalue weighted by molar-refractivity contribution is 14.0. The Kier molecular flexibility index (Phi) is 9.23. The normalized spacial score (nSPS) is 10.8. The van der Waals surface area contributed by atoms with E-state index in [0.29, 0.717) is 37.0 Å². The van der Waals surface area contributed by atoms with Crippen molar-refractivity contribution < 1.29 is 13.9 Å². The van der Waals surface area contributed by atoms with Crippen LogP contribution in [0.2, 0.25) is 0 Å². The number of guanidine groups is 1. The number of nitrogens with two attached hydrogens (primary N) is 1. The molecule has 0 aromatic heterocycles. The van der Waals surface area contributed by atoms with E-state index in [4.69, 9.17) is 15.2 Å². The second kappa shape index (κ2) is 9.79. The molecule has 0 aliphatic rings. The molecule has 108 valence electrons. The van der Waals surface area contributed by atoms with Crippen LogP contribution < -0.4 is 15.8 Å². The summed E-state index contributed by atoms with van der Waals surface area (Å²) in [6.45, 7) is 1.42. The van der Waals surface area contributed by atoms with Gasteiger partial charge < -0.3 is 20.5 Å². The van der Waals surface area contributed by atoms with Crippen molar-refractivity contribution >= 4 is 29.9 Å². The highest BCUT2D eigenvalue weighted by atomic mass is 127. The lowest BCUT2D eigenvalue weighted by atomic mass is 10.2. The van der Waals surface area contributed by atoms with Crippen LogP contribution in [0.1, 0.15) is 5.56 Å². The molecule has 7 heteroatoms. The minimum atomic E-state index is -0.356. The van der Waals surface area contributed by atoms with Gasteiger partial charge in [-0.3, -0.25) is 0 Å². The third kappa shape index (κ3) is 7.16. The maximum atomic E-state index is 13.2. The molecule has 0 fully saturated rings. The van der Waals surface area contributed by atoms with Crippen molar-refractivity contribution in [1.82, 2.24) is 5.32 Å². The Morgan fingerprint density at radius 1 is 1.37 bits per heavy atom. The minimum Gasteiger partial charge on any atom is -0.497 e. The predicted molar refractivity (Wildman–Crippen MR) is 83.6 cm³/mol. The number of benzene rings is 1. The molecule has 0 amide bonds. The van der Waals surface area contributed by atoms with Crippen LogP contribution in [0.15, 0.2) is 23.2 Å². The van der Waals surface area contributed by atoms with Crippen LogP contribution in [-0.4, -0.2) is 33.3 Å². The number of halogens is 2. The Labute approximate surface area is 129 Å². The molecule has 0 atom stereocenters. The largest absolute Gasteiger partial charge is 0.497 e. The maximum absolute atomic E-state index is 13.2. The van der Waals surface area contributed by atoms with Gasteiger partial charge in [-0.2, -0.15) is 0 Å². The third-order valence-electron chi connectivity index (χ3n) is 2.21. The van der Waals surface area contributed by atoms with Gasteiger partial charge in [-0.25, -0.2) is 9.38 Å². The van der Waals surface area contributed by atoms with E-state index >= 15 is 0 Å². The molecule has 5 nitrogen and oxygen atoms in total. The lowest BCUT2D eigenvalue weighted by molar-refractivity contribution is 0.204. The number of aliphatic imine (C=N–C) groups is 1. The van der Waals surface area contributed by atoms with E-state index in [9.17, 15) is 4.39 Å². The van der Waals surface area contributed by atoms with Crippen LogP contribution in [0.4, 0.5) is 4.39 Å². The molecule has 1 rings (SSSR count). The molecule has 0 unspecified atom stereocenters. The topological polar surface area (TPSA) is 68.9 Å². The average Bonchev–Trinajstić information content (AvgIpc) is 2.36.